The molecule has 4 N–H and O–H groups in total. The van der Waals surface area contributed by atoms with Crippen molar-refractivity contribution in [1.29, 1.82) is 0 Å². The maximum atomic E-state index is 10.2. The minimum Gasteiger partial charge on any atom is -0.477 e. The molecule has 0 saturated carbocycles. The van der Waals surface area contributed by atoms with Crippen LogP contribution in [0.2, 0.25) is 0 Å². The van der Waals surface area contributed by atoms with Crippen molar-refractivity contribution < 1.29 is 62.0 Å². The maximum Gasteiger partial charge on any atom is 0.344 e. The first-order valence-electron chi connectivity index (χ1n) is 2.96. The summed E-state index contributed by atoms with van der Waals surface area (Å²) in [5, 5.41) is 33.0. The van der Waals surface area contributed by atoms with Crippen LogP contribution in [0.15, 0.2) is 11.1 Å². The van der Waals surface area contributed by atoms with E-state index in [0.29, 0.717) is 0 Å². The fourth-order valence-electron chi connectivity index (χ4n) is 0.611. The molecule has 0 bridgehead atoms. The second-order valence-corrected chi connectivity index (χ2v) is 1.97. The number of hydrogen-bond donors (Lipinski definition) is 4. The van der Waals surface area contributed by atoms with E-state index in [2.05, 4.69) is 0 Å². The van der Waals surface area contributed by atoms with E-state index in [1.807, 2.05) is 0 Å². The molecule has 0 aromatic heterocycles. The molecule has 0 aliphatic rings. The van der Waals surface area contributed by atoms with Gasteiger partial charge in [0.15, 0.2) is 11.1 Å². The molecular formula is C6H4AgO8. The molecule has 0 aliphatic carbocycles. The van der Waals surface area contributed by atoms with Gasteiger partial charge in [-0.1, -0.05) is 0 Å². The van der Waals surface area contributed by atoms with E-state index >= 15 is 0 Å². The molecule has 0 aliphatic heterocycles. The second kappa shape index (κ2) is 5.96. The Morgan fingerprint density at radius 1 is 0.533 bits per heavy atom. The smallest absolute Gasteiger partial charge is 0.344 e. The Balaban J connectivity index is 0. The van der Waals surface area contributed by atoms with Crippen molar-refractivity contribution in [2.75, 3.05) is 0 Å². The normalized spacial score (nSPS) is 8.27. The van der Waals surface area contributed by atoms with Gasteiger partial charge in [-0.15, -0.1) is 0 Å². The van der Waals surface area contributed by atoms with E-state index in [1.54, 1.807) is 0 Å². The molecule has 0 heterocycles. The SMILES string of the molecule is O=C(O)C(C(=O)O)=C(C(=O)O)C(=O)O.[Ag]. The fraction of sp³-hybridized carbons (Fsp3) is 0. The topological polar surface area (TPSA) is 149 Å². The quantitative estimate of drug-likeness (QED) is 0.215. The van der Waals surface area contributed by atoms with E-state index in [1.165, 1.54) is 0 Å². The first-order chi connectivity index (χ1) is 6.29. The molecule has 9 heteroatoms. The average Bonchev–Trinajstić information content (AvgIpc) is 1.96. The van der Waals surface area contributed by atoms with Gasteiger partial charge >= 0.3 is 23.9 Å². The molecule has 15 heavy (non-hydrogen) atoms. The summed E-state index contributed by atoms with van der Waals surface area (Å²) in [7, 11) is 0. The molecule has 0 spiro atoms. The minimum atomic E-state index is -2.13. The maximum absolute atomic E-state index is 10.2. The monoisotopic (exact) mass is 311 g/mol. The van der Waals surface area contributed by atoms with Crippen molar-refractivity contribution in [3.63, 3.8) is 0 Å². The van der Waals surface area contributed by atoms with Gasteiger partial charge in [0.25, 0.3) is 0 Å². The van der Waals surface area contributed by atoms with E-state index in [4.69, 9.17) is 20.4 Å². The summed E-state index contributed by atoms with van der Waals surface area (Å²) in [6.45, 7) is 0. The summed E-state index contributed by atoms with van der Waals surface area (Å²) in [6, 6.07) is 0. The van der Waals surface area contributed by atoms with Gasteiger partial charge in [0.05, 0.1) is 0 Å². The Morgan fingerprint density at radius 2 is 0.667 bits per heavy atom. The summed E-state index contributed by atoms with van der Waals surface area (Å²) in [5.41, 5.74) is -3.38. The Hall–Kier alpha value is -1.64. The van der Waals surface area contributed by atoms with Gasteiger partial charge in [-0.3, -0.25) is 0 Å². The summed E-state index contributed by atoms with van der Waals surface area (Å²) < 4.78 is 0. The van der Waals surface area contributed by atoms with Gasteiger partial charge in [0, 0.05) is 22.4 Å². The number of aliphatic carboxylic acids is 4. The van der Waals surface area contributed by atoms with Crippen molar-refractivity contribution in [2.45, 2.75) is 0 Å². The zero-order valence-electron chi connectivity index (χ0n) is 6.72. The Kier molecular flexibility index (Phi) is 6.28. The first kappa shape index (κ1) is 15.8. The molecule has 0 amide bonds. The molecule has 1 radical (unpaired) electrons. The van der Waals surface area contributed by atoms with E-state index in [9.17, 15) is 19.2 Å². The summed E-state index contributed by atoms with van der Waals surface area (Å²) in [5.74, 6) is -8.51. The van der Waals surface area contributed by atoms with Gasteiger partial charge in [0.2, 0.25) is 0 Å². The molecular weight excluding hydrogens is 308 g/mol. The molecule has 0 rings (SSSR count). The molecule has 0 fully saturated rings. The van der Waals surface area contributed by atoms with Gasteiger partial charge in [-0.05, 0) is 0 Å². The second-order valence-electron chi connectivity index (χ2n) is 1.97. The van der Waals surface area contributed by atoms with Gasteiger partial charge < -0.3 is 20.4 Å². The van der Waals surface area contributed by atoms with Gasteiger partial charge in [0.1, 0.15) is 0 Å². The zero-order chi connectivity index (χ0) is 11.5. The molecule has 8 nitrogen and oxygen atoms in total. The Morgan fingerprint density at radius 3 is 0.733 bits per heavy atom. The van der Waals surface area contributed by atoms with E-state index < -0.39 is 35.0 Å². The number of carboxylic acid groups (broad SMARTS) is 4. The average molecular weight is 312 g/mol. The number of hydrogen-bond acceptors (Lipinski definition) is 4. The third-order valence-electron chi connectivity index (χ3n) is 1.11. The Bertz CT molecular complexity index is 288. The van der Waals surface area contributed by atoms with Crippen LogP contribution in [-0.4, -0.2) is 44.3 Å². The van der Waals surface area contributed by atoms with E-state index in [0.717, 1.165) is 0 Å². The number of carbonyl (C=O) groups is 4. The number of rotatable bonds is 4. The molecule has 0 unspecified atom stereocenters. The van der Waals surface area contributed by atoms with Crippen LogP contribution in [0, 0.1) is 0 Å². The zero-order valence-corrected chi connectivity index (χ0v) is 8.21. The standard InChI is InChI=1S/C6H4O8.Ag/c7-3(8)1(4(9)10)2(5(11)12)6(13)14;/h(H,7,8)(H,9,10)(H,11,12)(H,13,14);. The summed E-state index contributed by atoms with van der Waals surface area (Å²) >= 11 is 0. The number of carboxylic acids is 4. The van der Waals surface area contributed by atoms with Crippen molar-refractivity contribution in [3.05, 3.63) is 11.1 Å². The van der Waals surface area contributed by atoms with Crippen molar-refractivity contribution >= 4 is 23.9 Å². The summed E-state index contributed by atoms with van der Waals surface area (Å²) in [4.78, 5) is 40.9. The van der Waals surface area contributed by atoms with Crippen LogP contribution in [0.4, 0.5) is 0 Å². The van der Waals surface area contributed by atoms with Crippen LogP contribution < -0.4 is 0 Å². The molecule has 87 valence electrons. The van der Waals surface area contributed by atoms with Crippen LogP contribution in [0.1, 0.15) is 0 Å². The third-order valence-corrected chi connectivity index (χ3v) is 1.11. The van der Waals surface area contributed by atoms with Gasteiger partial charge in [-0.2, -0.15) is 0 Å². The predicted octanol–water partition coefficient (Wildman–Crippen LogP) is -1.38. The van der Waals surface area contributed by atoms with Crippen LogP contribution in [0.3, 0.4) is 0 Å². The molecule has 0 atom stereocenters. The van der Waals surface area contributed by atoms with E-state index in [-0.39, 0.29) is 22.4 Å². The Labute approximate surface area is 97.3 Å². The van der Waals surface area contributed by atoms with Crippen molar-refractivity contribution in [1.82, 2.24) is 0 Å². The van der Waals surface area contributed by atoms with Gasteiger partial charge in [-0.25, -0.2) is 19.2 Å². The fourth-order valence-corrected chi connectivity index (χ4v) is 0.611. The van der Waals surface area contributed by atoms with Crippen molar-refractivity contribution in [3.8, 4) is 0 Å². The molecule has 0 saturated heterocycles. The van der Waals surface area contributed by atoms with Crippen LogP contribution in [0.5, 0.6) is 0 Å². The summed E-state index contributed by atoms with van der Waals surface area (Å²) in [6.07, 6.45) is 0. The van der Waals surface area contributed by atoms with Crippen LogP contribution >= 0.6 is 0 Å². The molecule has 0 aromatic carbocycles. The largest absolute Gasteiger partial charge is 0.477 e. The minimum absolute atomic E-state index is 0. The first-order valence-corrected chi connectivity index (χ1v) is 2.96. The van der Waals surface area contributed by atoms with Crippen LogP contribution in [-0.2, 0) is 41.6 Å². The van der Waals surface area contributed by atoms with Crippen LogP contribution in [0.25, 0.3) is 0 Å². The third kappa shape index (κ3) is 3.94. The molecule has 0 aromatic rings. The predicted molar refractivity (Wildman–Crippen MR) is 37.6 cm³/mol. The van der Waals surface area contributed by atoms with Crippen molar-refractivity contribution in [2.24, 2.45) is 0 Å².